The van der Waals surface area contributed by atoms with E-state index in [1.807, 2.05) is 0 Å². The molecular formula is C20H30FN3O5S. The average molecular weight is 444 g/mol. The summed E-state index contributed by atoms with van der Waals surface area (Å²) < 4.78 is 46.0. The van der Waals surface area contributed by atoms with Crippen LogP contribution in [0.2, 0.25) is 0 Å². The van der Waals surface area contributed by atoms with E-state index < -0.39 is 39.2 Å². The second-order valence-electron chi connectivity index (χ2n) is 8.70. The molecule has 1 saturated carbocycles. The molecule has 30 heavy (non-hydrogen) atoms. The van der Waals surface area contributed by atoms with Crippen LogP contribution in [0.25, 0.3) is 0 Å². The van der Waals surface area contributed by atoms with Crippen LogP contribution in [0.5, 0.6) is 0 Å². The first kappa shape index (κ1) is 24.1. The van der Waals surface area contributed by atoms with Crippen molar-refractivity contribution in [2.45, 2.75) is 65.0 Å². The minimum atomic E-state index is -3.86. The summed E-state index contributed by atoms with van der Waals surface area (Å²) in [7, 11) is -3.86. The Kier molecular flexibility index (Phi) is 7.81. The highest BCUT2D eigenvalue weighted by Gasteiger charge is 2.25. The molecular weight excluding hydrogens is 413 g/mol. The van der Waals surface area contributed by atoms with Gasteiger partial charge < -0.3 is 10.1 Å². The molecule has 0 unspecified atom stereocenters. The number of carbonyl (C=O) groups is 2. The molecule has 0 radical (unpaired) electrons. The Bertz CT molecular complexity index is 875. The molecule has 10 heteroatoms. The number of ether oxygens (including phenoxy) is 1. The summed E-state index contributed by atoms with van der Waals surface area (Å²) in [6.07, 6.45) is 2.54. The molecule has 0 spiro atoms. The van der Waals surface area contributed by atoms with E-state index in [4.69, 9.17) is 4.74 Å². The van der Waals surface area contributed by atoms with Crippen LogP contribution in [0.4, 0.5) is 20.6 Å². The zero-order valence-corrected chi connectivity index (χ0v) is 18.6. The van der Waals surface area contributed by atoms with Gasteiger partial charge in [0.1, 0.15) is 17.2 Å². The maximum Gasteiger partial charge on any atom is 0.412 e. The predicted molar refractivity (Wildman–Crippen MR) is 113 cm³/mol. The molecule has 168 valence electrons. The van der Waals surface area contributed by atoms with Gasteiger partial charge in [-0.05, 0) is 70.6 Å². The first-order chi connectivity index (χ1) is 13.8. The number of rotatable bonds is 6. The Morgan fingerprint density at radius 3 is 2.33 bits per heavy atom. The van der Waals surface area contributed by atoms with Crippen molar-refractivity contribution in [3.63, 3.8) is 0 Å². The molecule has 1 aromatic carbocycles. The van der Waals surface area contributed by atoms with Crippen molar-refractivity contribution in [3.05, 3.63) is 24.0 Å². The van der Waals surface area contributed by atoms with Crippen LogP contribution in [-0.4, -0.2) is 37.8 Å². The molecule has 1 aliphatic rings. The Hall–Kier alpha value is -2.20. The van der Waals surface area contributed by atoms with Crippen molar-refractivity contribution in [2.24, 2.45) is 5.92 Å². The molecule has 0 aliphatic heterocycles. The SMILES string of the molecule is CC1CCC(NS(=O)(=O)CC(=O)Nc2cc(F)ccc2NC(=O)OC(C)(C)C)CC1. The van der Waals surface area contributed by atoms with E-state index in [1.54, 1.807) is 20.8 Å². The third-order valence-electron chi connectivity index (χ3n) is 4.57. The predicted octanol–water partition coefficient (Wildman–Crippen LogP) is 3.61. The van der Waals surface area contributed by atoms with Gasteiger partial charge in [-0.2, -0.15) is 0 Å². The Morgan fingerprint density at radius 2 is 1.73 bits per heavy atom. The van der Waals surface area contributed by atoms with E-state index in [0.29, 0.717) is 5.92 Å². The molecule has 1 aliphatic carbocycles. The molecule has 3 N–H and O–H groups in total. The first-order valence-electron chi connectivity index (χ1n) is 9.92. The van der Waals surface area contributed by atoms with Crippen LogP contribution < -0.4 is 15.4 Å². The number of nitrogens with one attached hydrogen (secondary N) is 3. The lowest BCUT2D eigenvalue weighted by Crippen LogP contribution is -2.41. The fourth-order valence-corrected chi connectivity index (χ4v) is 4.42. The normalized spacial score (nSPS) is 19.8. The summed E-state index contributed by atoms with van der Waals surface area (Å²) in [6.45, 7) is 7.18. The molecule has 1 aromatic rings. The van der Waals surface area contributed by atoms with E-state index in [9.17, 15) is 22.4 Å². The zero-order chi connectivity index (χ0) is 22.5. The highest BCUT2D eigenvalue weighted by atomic mass is 32.2. The van der Waals surface area contributed by atoms with Crippen molar-refractivity contribution in [1.29, 1.82) is 0 Å². The Morgan fingerprint density at radius 1 is 1.10 bits per heavy atom. The molecule has 0 atom stereocenters. The van der Waals surface area contributed by atoms with Crippen LogP contribution in [0.1, 0.15) is 53.4 Å². The van der Waals surface area contributed by atoms with Crippen molar-refractivity contribution in [1.82, 2.24) is 4.72 Å². The van der Waals surface area contributed by atoms with E-state index >= 15 is 0 Å². The third-order valence-corrected chi connectivity index (χ3v) is 5.91. The van der Waals surface area contributed by atoms with Gasteiger partial charge in [-0.1, -0.05) is 6.92 Å². The number of benzene rings is 1. The number of halogens is 1. The van der Waals surface area contributed by atoms with Gasteiger partial charge in [0.2, 0.25) is 15.9 Å². The first-order valence-corrected chi connectivity index (χ1v) is 11.6. The number of carbonyl (C=O) groups excluding carboxylic acids is 2. The van der Waals surface area contributed by atoms with Gasteiger partial charge in [0.15, 0.2) is 0 Å². The van der Waals surface area contributed by atoms with Crippen molar-refractivity contribution >= 4 is 33.4 Å². The van der Waals surface area contributed by atoms with Crippen molar-refractivity contribution in [3.8, 4) is 0 Å². The molecule has 0 aromatic heterocycles. The number of sulfonamides is 1. The van der Waals surface area contributed by atoms with Crippen molar-refractivity contribution in [2.75, 3.05) is 16.4 Å². The minimum Gasteiger partial charge on any atom is -0.444 e. The quantitative estimate of drug-likeness (QED) is 0.622. The standard InChI is InChI=1S/C20H30FN3O5S/c1-13-5-8-15(9-6-13)24-30(27,28)12-18(25)22-17-11-14(21)7-10-16(17)23-19(26)29-20(2,3)4/h7,10-11,13,15,24H,5-6,8-9,12H2,1-4H3,(H,22,25)(H,23,26). The van der Waals surface area contributed by atoms with Crippen LogP contribution in [0.3, 0.4) is 0 Å². The summed E-state index contributed by atoms with van der Waals surface area (Å²) in [5.74, 6) is -1.73. The second kappa shape index (κ2) is 9.74. The maximum absolute atomic E-state index is 13.7. The van der Waals surface area contributed by atoms with Gasteiger partial charge in [-0.3, -0.25) is 10.1 Å². The number of hydrogen-bond acceptors (Lipinski definition) is 5. The van der Waals surface area contributed by atoms with Crippen LogP contribution in [0.15, 0.2) is 18.2 Å². The summed E-state index contributed by atoms with van der Waals surface area (Å²) in [5.41, 5.74) is -0.720. The topological polar surface area (TPSA) is 114 Å². The molecule has 8 nitrogen and oxygen atoms in total. The highest BCUT2D eigenvalue weighted by molar-refractivity contribution is 7.90. The van der Waals surface area contributed by atoms with Gasteiger partial charge in [0, 0.05) is 6.04 Å². The summed E-state index contributed by atoms with van der Waals surface area (Å²) in [6, 6.07) is 3.17. The lowest BCUT2D eigenvalue weighted by Gasteiger charge is -2.26. The van der Waals surface area contributed by atoms with Gasteiger partial charge in [-0.15, -0.1) is 0 Å². The summed E-state index contributed by atoms with van der Waals surface area (Å²) in [4.78, 5) is 24.3. The highest BCUT2D eigenvalue weighted by Crippen LogP contribution is 2.25. The fraction of sp³-hybridized carbons (Fsp3) is 0.600. The van der Waals surface area contributed by atoms with E-state index in [1.165, 1.54) is 6.07 Å². The average Bonchev–Trinajstić information content (AvgIpc) is 2.57. The van der Waals surface area contributed by atoms with Gasteiger partial charge in [-0.25, -0.2) is 22.3 Å². The molecule has 0 bridgehead atoms. The molecule has 0 heterocycles. The minimum absolute atomic E-state index is 0.0625. The van der Waals surface area contributed by atoms with E-state index in [2.05, 4.69) is 22.3 Å². The third kappa shape index (κ3) is 8.27. The maximum atomic E-state index is 13.7. The molecule has 2 rings (SSSR count). The van der Waals surface area contributed by atoms with Crippen LogP contribution in [-0.2, 0) is 19.6 Å². The van der Waals surface area contributed by atoms with Crippen LogP contribution >= 0.6 is 0 Å². The lowest BCUT2D eigenvalue weighted by molar-refractivity contribution is -0.113. The van der Waals surface area contributed by atoms with Crippen LogP contribution in [0, 0.1) is 11.7 Å². The fourth-order valence-electron chi connectivity index (χ4n) is 3.17. The lowest BCUT2D eigenvalue weighted by atomic mass is 9.88. The largest absolute Gasteiger partial charge is 0.444 e. The second-order valence-corrected chi connectivity index (χ2v) is 10.5. The molecule has 1 fully saturated rings. The van der Waals surface area contributed by atoms with Gasteiger partial charge in [0.05, 0.1) is 11.4 Å². The zero-order valence-electron chi connectivity index (χ0n) is 17.7. The number of hydrogen-bond donors (Lipinski definition) is 3. The number of amides is 2. The number of anilines is 2. The smallest absolute Gasteiger partial charge is 0.412 e. The van der Waals surface area contributed by atoms with Crippen molar-refractivity contribution < 1.29 is 27.1 Å². The Balaban J connectivity index is 2.01. The van der Waals surface area contributed by atoms with E-state index in [-0.39, 0.29) is 17.4 Å². The Labute approximate surface area is 177 Å². The molecule has 0 saturated heterocycles. The monoisotopic (exact) mass is 443 g/mol. The van der Waals surface area contributed by atoms with E-state index in [0.717, 1.165) is 37.8 Å². The summed E-state index contributed by atoms with van der Waals surface area (Å²) in [5, 5.41) is 4.78. The van der Waals surface area contributed by atoms with Gasteiger partial charge >= 0.3 is 6.09 Å². The summed E-state index contributed by atoms with van der Waals surface area (Å²) >= 11 is 0. The van der Waals surface area contributed by atoms with Gasteiger partial charge in [0.25, 0.3) is 0 Å². The molecule has 2 amide bonds.